The fourth-order valence-corrected chi connectivity index (χ4v) is 2.68. The van der Waals surface area contributed by atoms with Gasteiger partial charge in [-0.15, -0.1) is 0 Å². The lowest BCUT2D eigenvalue weighted by Crippen LogP contribution is -2.01. The molecule has 1 rings (SSSR count). The molecule has 0 saturated heterocycles. The molecule has 0 aliphatic carbocycles. The molecule has 1 aromatic rings. The van der Waals surface area contributed by atoms with Gasteiger partial charge in [-0.25, -0.2) is 0 Å². The minimum atomic E-state index is 0.456. The summed E-state index contributed by atoms with van der Waals surface area (Å²) < 4.78 is 0. The van der Waals surface area contributed by atoms with Crippen molar-refractivity contribution in [3.63, 3.8) is 0 Å². The molecule has 0 spiro atoms. The van der Waals surface area contributed by atoms with Gasteiger partial charge in [0.25, 0.3) is 0 Å². The molecule has 0 heterocycles. The summed E-state index contributed by atoms with van der Waals surface area (Å²) in [5.74, 6) is 2.17. The molecular weight excluding hydrogens is 248 g/mol. The van der Waals surface area contributed by atoms with E-state index in [9.17, 15) is 0 Å². The Balaban J connectivity index is 2.53. The lowest BCUT2D eigenvalue weighted by Gasteiger charge is -2.15. The van der Waals surface area contributed by atoms with Crippen molar-refractivity contribution in [1.82, 2.24) is 0 Å². The minimum Gasteiger partial charge on any atom is -0.185 e. The molecular formula is C13H14N2S2. The van der Waals surface area contributed by atoms with Crippen molar-refractivity contribution in [2.75, 3.05) is 11.5 Å². The summed E-state index contributed by atoms with van der Waals surface area (Å²) in [7, 11) is 0. The van der Waals surface area contributed by atoms with Crippen LogP contribution in [0.1, 0.15) is 24.3 Å². The van der Waals surface area contributed by atoms with Crippen LogP contribution in [0.3, 0.4) is 0 Å². The molecule has 0 aliphatic heterocycles. The van der Waals surface area contributed by atoms with Gasteiger partial charge in [-0.1, -0.05) is 30.3 Å². The first-order valence-electron chi connectivity index (χ1n) is 5.45. The van der Waals surface area contributed by atoms with Crippen LogP contribution in [0.25, 0.3) is 0 Å². The van der Waals surface area contributed by atoms with Crippen LogP contribution in [0, 0.1) is 21.3 Å². The molecule has 0 amide bonds. The lowest BCUT2D eigenvalue weighted by molar-refractivity contribution is 0.653. The van der Waals surface area contributed by atoms with Crippen LogP contribution in [0.15, 0.2) is 30.3 Å². The maximum absolute atomic E-state index is 8.53. The zero-order valence-electron chi connectivity index (χ0n) is 9.50. The molecule has 0 aromatic heterocycles. The Hall–Kier alpha value is -1.10. The molecule has 0 atom stereocenters. The maximum atomic E-state index is 8.53. The molecule has 88 valence electrons. The average Bonchev–Trinajstić information content (AvgIpc) is 2.38. The summed E-state index contributed by atoms with van der Waals surface area (Å²) in [5, 5.41) is 21.3. The number of benzene rings is 1. The second kappa shape index (κ2) is 8.98. The first-order chi connectivity index (χ1) is 8.38. The Labute approximate surface area is 111 Å². The van der Waals surface area contributed by atoms with Gasteiger partial charge >= 0.3 is 0 Å². The van der Waals surface area contributed by atoms with Crippen LogP contribution in [0.4, 0.5) is 0 Å². The number of thiocyanates is 2. The zero-order chi connectivity index (χ0) is 12.3. The standard InChI is InChI=1S/C13H14N2S2/c14-10-16-8-6-13(7-9-17-11-15)12-4-2-1-3-5-12/h1-5,13H,6-9H2. The van der Waals surface area contributed by atoms with E-state index in [0.717, 1.165) is 24.3 Å². The Morgan fingerprint density at radius 1 is 0.941 bits per heavy atom. The topological polar surface area (TPSA) is 47.6 Å². The zero-order valence-corrected chi connectivity index (χ0v) is 11.1. The number of rotatable bonds is 7. The van der Waals surface area contributed by atoms with Crippen molar-refractivity contribution in [2.24, 2.45) is 0 Å². The van der Waals surface area contributed by atoms with E-state index in [1.807, 2.05) is 18.2 Å². The van der Waals surface area contributed by atoms with Gasteiger partial charge in [0, 0.05) is 11.5 Å². The Morgan fingerprint density at radius 2 is 1.47 bits per heavy atom. The largest absolute Gasteiger partial charge is 0.185 e. The van der Waals surface area contributed by atoms with E-state index < -0.39 is 0 Å². The Kier molecular flexibility index (Phi) is 7.38. The van der Waals surface area contributed by atoms with Gasteiger partial charge in [-0.05, 0) is 47.8 Å². The van der Waals surface area contributed by atoms with Crippen molar-refractivity contribution < 1.29 is 0 Å². The third kappa shape index (κ3) is 5.68. The van der Waals surface area contributed by atoms with Crippen LogP contribution in [-0.4, -0.2) is 11.5 Å². The SMILES string of the molecule is N#CSCCC(CCSC#N)c1ccccc1. The first-order valence-corrected chi connectivity index (χ1v) is 7.42. The van der Waals surface area contributed by atoms with Crippen LogP contribution >= 0.6 is 23.5 Å². The Bertz CT molecular complexity index is 372. The van der Waals surface area contributed by atoms with E-state index in [0.29, 0.717) is 5.92 Å². The molecule has 2 nitrogen and oxygen atoms in total. The monoisotopic (exact) mass is 262 g/mol. The maximum Gasteiger partial charge on any atom is 0.133 e. The van der Waals surface area contributed by atoms with Crippen molar-refractivity contribution in [2.45, 2.75) is 18.8 Å². The number of nitriles is 2. The van der Waals surface area contributed by atoms with Gasteiger partial charge < -0.3 is 0 Å². The second-order valence-corrected chi connectivity index (χ2v) is 5.32. The summed E-state index contributed by atoms with van der Waals surface area (Å²) in [6.45, 7) is 0. The average molecular weight is 262 g/mol. The fourth-order valence-electron chi connectivity index (χ4n) is 1.70. The summed E-state index contributed by atoms with van der Waals surface area (Å²) in [4.78, 5) is 0. The van der Waals surface area contributed by atoms with E-state index >= 15 is 0 Å². The highest BCUT2D eigenvalue weighted by Crippen LogP contribution is 2.26. The summed E-state index contributed by atoms with van der Waals surface area (Å²) >= 11 is 2.61. The van der Waals surface area contributed by atoms with Crippen molar-refractivity contribution in [3.05, 3.63) is 35.9 Å². The number of thioether (sulfide) groups is 2. The third-order valence-corrected chi connectivity index (χ3v) is 3.67. The molecule has 0 N–H and O–H groups in total. The van der Waals surface area contributed by atoms with Crippen LogP contribution in [-0.2, 0) is 0 Å². The van der Waals surface area contributed by atoms with Crippen molar-refractivity contribution >= 4 is 23.5 Å². The highest BCUT2D eigenvalue weighted by Gasteiger charge is 2.11. The van der Waals surface area contributed by atoms with Gasteiger partial charge in [-0.3, -0.25) is 0 Å². The minimum absolute atomic E-state index is 0.456. The summed E-state index contributed by atoms with van der Waals surface area (Å²) in [5.41, 5.74) is 1.31. The third-order valence-electron chi connectivity index (χ3n) is 2.54. The van der Waals surface area contributed by atoms with E-state index in [-0.39, 0.29) is 0 Å². The van der Waals surface area contributed by atoms with Gasteiger partial charge in [0.2, 0.25) is 0 Å². The molecule has 0 aliphatic rings. The van der Waals surface area contributed by atoms with Gasteiger partial charge in [0.1, 0.15) is 10.8 Å². The van der Waals surface area contributed by atoms with Crippen LogP contribution < -0.4 is 0 Å². The van der Waals surface area contributed by atoms with Gasteiger partial charge in [-0.2, -0.15) is 10.5 Å². The van der Waals surface area contributed by atoms with E-state index in [1.165, 1.54) is 29.1 Å². The molecule has 1 aromatic carbocycles. The summed E-state index contributed by atoms with van der Waals surface area (Å²) in [6.07, 6.45) is 1.99. The predicted molar refractivity (Wildman–Crippen MR) is 74.6 cm³/mol. The predicted octanol–water partition coefficient (Wildman–Crippen LogP) is 3.98. The normalized spacial score (nSPS) is 9.82. The van der Waals surface area contributed by atoms with Gasteiger partial charge in [0.05, 0.1) is 0 Å². The number of hydrogen-bond donors (Lipinski definition) is 0. The molecule has 4 heteroatoms. The lowest BCUT2D eigenvalue weighted by atomic mass is 9.94. The molecule has 0 unspecified atom stereocenters. The number of hydrogen-bond acceptors (Lipinski definition) is 4. The summed E-state index contributed by atoms with van der Waals surface area (Å²) in [6, 6.07) is 10.3. The van der Waals surface area contributed by atoms with E-state index in [4.69, 9.17) is 10.5 Å². The second-order valence-electron chi connectivity index (χ2n) is 3.56. The quantitative estimate of drug-likeness (QED) is 0.551. The van der Waals surface area contributed by atoms with Crippen LogP contribution in [0.5, 0.6) is 0 Å². The van der Waals surface area contributed by atoms with Crippen molar-refractivity contribution in [1.29, 1.82) is 10.5 Å². The van der Waals surface area contributed by atoms with Crippen molar-refractivity contribution in [3.8, 4) is 10.8 Å². The number of nitrogens with zero attached hydrogens (tertiary/aromatic N) is 2. The van der Waals surface area contributed by atoms with E-state index in [2.05, 4.69) is 22.9 Å². The molecule has 0 fully saturated rings. The molecule has 17 heavy (non-hydrogen) atoms. The molecule has 0 radical (unpaired) electrons. The van der Waals surface area contributed by atoms with E-state index in [1.54, 1.807) is 0 Å². The highest BCUT2D eigenvalue weighted by atomic mass is 32.2. The smallest absolute Gasteiger partial charge is 0.133 e. The first kappa shape index (κ1) is 14.0. The molecule has 0 saturated carbocycles. The molecule has 0 bridgehead atoms. The fraction of sp³-hybridized carbons (Fsp3) is 0.385. The highest BCUT2D eigenvalue weighted by molar-refractivity contribution is 8.03. The van der Waals surface area contributed by atoms with Crippen LogP contribution in [0.2, 0.25) is 0 Å². The van der Waals surface area contributed by atoms with Gasteiger partial charge in [0.15, 0.2) is 0 Å². The Morgan fingerprint density at radius 3 is 1.94 bits per heavy atom.